The highest BCUT2D eigenvalue weighted by molar-refractivity contribution is 5.47. The van der Waals surface area contributed by atoms with Gasteiger partial charge in [-0.3, -0.25) is 4.98 Å². The minimum Gasteiger partial charge on any atom is -0.376 e. The van der Waals surface area contributed by atoms with Gasteiger partial charge >= 0.3 is 0 Å². The van der Waals surface area contributed by atoms with Crippen molar-refractivity contribution >= 4 is 5.82 Å². The molecule has 0 amide bonds. The van der Waals surface area contributed by atoms with Crippen LogP contribution in [0.2, 0.25) is 0 Å². The lowest BCUT2D eigenvalue weighted by atomic mass is 10.1. The summed E-state index contributed by atoms with van der Waals surface area (Å²) in [5, 5.41) is 3.32. The fourth-order valence-electron chi connectivity index (χ4n) is 2.36. The number of hydrogen-bond acceptors (Lipinski definition) is 5. The Morgan fingerprint density at radius 2 is 2.10 bits per heavy atom. The lowest BCUT2D eigenvalue weighted by Crippen LogP contribution is -2.18. The van der Waals surface area contributed by atoms with E-state index in [0.29, 0.717) is 6.61 Å². The molecule has 20 heavy (non-hydrogen) atoms. The zero-order valence-electron chi connectivity index (χ0n) is 11.6. The highest BCUT2D eigenvalue weighted by atomic mass is 16.5. The van der Waals surface area contributed by atoms with Gasteiger partial charge in [-0.15, -0.1) is 0 Å². The van der Waals surface area contributed by atoms with E-state index in [9.17, 15) is 0 Å². The van der Waals surface area contributed by atoms with E-state index in [1.165, 1.54) is 5.56 Å². The summed E-state index contributed by atoms with van der Waals surface area (Å²) in [6.07, 6.45) is 5.19. The van der Waals surface area contributed by atoms with E-state index in [4.69, 9.17) is 9.72 Å². The second-order valence-corrected chi connectivity index (χ2v) is 4.78. The van der Waals surface area contributed by atoms with Crippen LogP contribution < -0.4 is 5.32 Å². The second kappa shape index (κ2) is 5.96. The van der Waals surface area contributed by atoms with Gasteiger partial charge in [0, 0.05) is 37.3 Å². The molecule has 0 saturated heterocycles. The van der Waals surface area contributed by atoms with Gasteiger partial charge in [0.05, 0.1) is 18.9 Å². The van der Waals surface area contributed by atoms with E-state index in [1.54, 1.807) is 12.4 Å². The first-order valence-corrected chi connectivity index (χ1v) is 6.96. The van der Waals surface area contributed by atoms with Crippen molar-refractivity contribution in [2.75, 3.05) is 18.5 Å². The molecule has 0 aromatic carbocycles. The van der Waals surface area contributed by atoms with Crippen LogP contribution in [0.5, 0.6) is 0 Å². The third-order valence-corrected chi connectivity index (χ3v) is 3.32. The normalized spacial score (nSPS) is 13.8. The molecule has 0 bridgehead atoms. The zero-order chi connectivity index (χ0) is 13.8. The largest absolute Gasteiger partial charge is 0.376 e. The van der Waals surface area contributed by atoms with Crippen molar-refractivity contribution in [1.82, 2.24) is 15.0 Å². The van der Waals surface area contributed by atoms with Crippen LogP contribution >= 0.6 is 0 Å². The molecule has 104 valence electrons. The van der Waals surface area contributed by atoms with Crippen LogP contribution in [-0.4, -0.2) is 28.1 Å². The van der Waals surface area contributed by atoms with E-state index in [1.807, 2.05) is 12.1 Å². The molecule has 1 N–H and O–H groups in total. The first-order valence-electron chi connectivity index (χ1n) is 6.96. The molecule has 2 aromatic rings. The molecule has 1 aliphatic rings. The number of hydrogen-bond donors (Lipinski definition) is 1. The maximum atomic E-state index is 5.51. The molecular formula is C15H18N4O. The number of anilines is 1. The van der Waals surface area contributed by atoms with Gasteiger partial charge in [-0.25, -0.2) is 9.97 Å². The molecule has 0 radical (unpaired) electrons. The SMILES string of the molecule is CCNc1nc(Cc2ccncc2)nc2c1COCC2. The quantitative estimate of drug-likeness (QED) is 0.920. The Morgan fingerprint density at radius 1 is 1.25 bits per heavy atom. The van der Waals surface area contributed by atoms with Crippen LogP contribution in [0, 0.1) is 0 Å². The van der Waals surface area contributed by atoms with Crippen molar-refractivity contribution in [3.05, 3.63) is 47.2 Å². The monoisotopic (exact) mass is 270 g/mol. The minimum absolute atomic E-state index is 0.604. The van der Waals surface area contributed by atoms with Gasteiger partial charge < -0.3 is 10.1 Å². The number of rotatable bonds is 4. The molecule has 0 saturated carbocycles. The van der Waals surface area contributed by atoms with Gasteiger partial charge in [-0.2, -0.15) is 0 Å². The van der Waals surface area contributed by atoms with Crippen LogP contribution in [0.15, 0.2) is 24.5 Å². The Kier molecular flexibility index (Phi) is 3.87. The summed E-state index contributed by atoms with van der Waals surface area (Å²) >= 11 is 0. The Bertz CT molecular complexity index is 586. The maximum absolute atomic E-state index is 5.51. The Morgan fingerprint density at radius 3 is 2.90 bits per heavy atom. The van der Waals surface area contributed by atoms with E-state index < -0.39 is 0 Å². The topological polar surface area (TPSA) is 59.9 Å². The average molecular weight is 270 g/mol. The molecule has 0 atom stereocenters. The fraction of sp³-hybridized carbons (Fsp3) is 0.400. The van der Waals surface area contributed by atoms with Crippen LogP contribution in [0.3, 0.4) is 0 Å². The summed E-state index contributed by atoms with van der Waals surface area (Å²) in [5.41, 5.74) is 3.40. The van der Waals surface area contributed by atoms with Crippen molar-refractivity contribution < 1.29 is 4.74 Å². The van der Waals surface area contributed by atoms with E-state index in [-0.39, 0.29) is 0 Å². The first-order chi connectivity index (χ1) is 9.86. The zero-order valence-corrected chi connectivity index (χ0v) is 11.6. The highest BCUT2D eigenvalue weighted by Crippen LogP contribution is 2.22. The van der Waals surface area contributed by atoms with Gasteiger partial charge in [0.2, 0.25) is 0 Å². The molecule has 5 nitrogen and oxygen atoms in total. The number of fused-ring (bicyclic) bond motifs is 1. The predicted molar refractivity (Wildman–Crippen MR) is 76.6 cm³/mol. The third kappa shape index (κ3) is 2.77. The van der Waals surface area contributed by atoms with Gasteiger partial charge in [-0.05, 0) is 24.6 Å². The molecule has 3 heterocycles. The summed E-state index contributed by atoms with van der Waals surface area (Å²) in [7, 11) is 0. The lowest BCUT2D eigenvalue weighted by molar-refractivity contribution is 0.109. The Balaban J connectivity index is 1.93. The fourth-order valence-corrected chi connectivity index (χ4v) is 2.36. The van der Waals surface area contributed by atoms with Crippen molar-refractivity contribution in [3.8, 4) is 0 Å². The second-order valence-electron chi connectivity index (χ2n) is 4.78. The molecular weight excluding hydrogens is 252 g/mol. The maximum Gasteiger partial charge on any atom is 0.135 e. The Labute approximate surface area is 118 Å². The number of nitrogens with zero attached hydrogens (tertiary/aromatic N) is 3. The standard InChI is InChI=1S/C15H18N4O/c1-2-17-15-12-10-20-8-5-13(12)18-14(19-15)9-11-3-6-16-7-4-11/h3-4,6-7H,2,5,8-10H2,1H3,(H,17,18,19). The van der Waals surface area contributed by atoms with Crippen LogP contribution in [-0.2, 0) is 24.2 Å². The lowest BCUT2D eigenvalue weighted by Gasteiger charge is -2.19. The smallest absolute Gasteiger partial charge is 0.135 e. The third-order valence-electron chi connectivity index (χ3n) is 3.32. The molecule has 0 fully saturated rings. The van der Waals surface area contributed by atoms with Crippen molar-refractivity contribution in [3.63, 3.8) is 0 Å². The Hall–Kier alpha value is -2.01. The number of ether oxygens (including phenoxy) is 1. The van der Waals surface area contributed by atoms with Gasteiger partial charge in [0.15, 0.2) is 0 Å². The van der Waals surface area contributed by atoms with Gasteiger partial charge in [0.1, 0.15) is 11.6 Å². The van der Waals surface area contributed by atoms with Gasteiger partial charge in [0.25, 0.3) is 0 Å². The average Bonchev–Trinajstić information content (AvgIpc) is 2.49. The molecule has 3 rings (SSSR count). The van der Waals surface area contributed by atoms with Crippen LogP contribution in [0.4, 0.5) is 5.82 Å². The van der Waals surface area contributed by atoms with Crippen LogP contribution in [0.1, 0.15) is 29.6 Å². The summed E-state index contributed by atoms with van der Waals surface area (Å²) < 4.78 is 5.51. The van der Waals surface area contributed by atoms with E-state index in [0.717, 1.165) is 48.9 Å². The molecule has 1 aliphatic heterocycles. The summed E-state index contributed by atoms with van der Waals surface area (Å²) in [4.78, 5) is 13.4. The summed E-state index contributed by atoms with van der Waals surface area (Å²) in [6, 6.07) is 4.00. The highest BCUT2D eigenvalue weighted by Gasteiger charge is 2.17. The molecule has 5 heteroatoms. The van der Waals surface area contributed by atoms with Crippen molar-refractivity contribution in [1.29, 1.82) is 0 Å². The predicted octanol–water partition coefficient (Wildman–Crippen LogP) is 1.97. The molecule has 0 aliphatic carbocycles. The van der Waals surface area contributed by atoms with Crippen molar-refractivity contribution in [2.45, 2.75) is 26.4 Å². The minimum atomic E-state index is 0.604. The molecule has 0 spiro atoms. The van der Waals surface area contributed by atoms with Crippen LogP contribution in [0.25, 0.3) is 0 Å². The van der Waals surface area contributed by atoms with E-state index >= 15 is 0 Å². The number of pyridine rings is 1. The molecule has 2 aromatic heterocycles. The molecule has 0 unspecified atom stereocenters. The van der Waals surface area contributed by atoms with Gasteiger partial charge in [-0.1, -0.05) is 0 Å². The number of nitrogens with one attached hydrogen (secondary N) is 1. The summed E-state index contributed by atoms with van der Waals surface area (Å²) in [6.45, 7) is 4.26. The number of aromatic nitrogens is 3. The van der Waals surface area contributed by atoms with Crippen molar-refractivity contribution in [2.24, 2.45) is 0 Å². The van der Waals surface area contributed by atoms with E-state index in [2.05, 4.69) is 22.2 Å². The summed E-state index contributed by atoms with van der Waals surface area (Å²) in [5.74, 6) is 1.77. The first kappa shape index (κ1) is 13.0.